The molecule has 0 saturated carbocycles. The molecule has 1 nitrogen and oxygen atoms in total. The highest BCUT2D eigenvalue weighted by Crippen LogP contribution is 2.30. The van der Waals surface area contributed by atoms with Crippen LogP contribution in [0.25, 0.3) is 0 Å². The Balaban J connectivity index is 2.16. The Morgan fingerprint density at radius 1 is 1.10 bits per heavy atom. The maximum Gasteiger partial charge on any atom is 0.416 e. The first-order valence-electron chi connectivity index (χ1n) is 6.46. The van der Waals surface area contributed by atoms with E-state index >= 15 is 0 Å². The Kier molecular flexibility index (Phi) is 4.59. The molecule has 0 aliphatic carbocycles. The number of benzene rings is 2. The minimum atomic E-state index is -4.32. The number of hydrogen-bond acceptors (Lipinski definition) is 1. The van der Waals surface area contributed by atoms with E-state index in [0.717, 1.165) is 28.8 Å². The van der Waals surface area contributed by atoms with Gasteiger partial charge in [0.05, 0.1) is 5.56 Å². The van der Waals surface area contributed by atoms with Gasteiger partial charge in [-0.05, 0) is 42.2 Å². The molecule has 0 spiro atoms. The van der Waals surface area contributed by atoms with Crippen LogP contribution in [0.15, 0.2) is 42.5 Å². The molecular weight excluding hydrogens is 299 g/mol. The molecule has 2 aromatic carbocycles. The Hall–Kier alpha value is -1.52. The molecule has 1 unspecified atom stereocenters. The zero-order valence-corrected chi connectivity index (χ0v) is 12.2. The van der Waals surface area contributed by atoms with Crippen LogP contribution in [0.1, 0.15) is 28.3 Å². The molecule has 0 heterocycles. The van der Waals surface area contributed by atoms with Crippen molar-refractivity contribution in [2.24, 2.45) is 5.73 Å². The third kappa shape index (κ3) is 3.77. The Bertz CT molecular complexity index is 620. The lowest BCUT2D eigenvalue weighted by Crippen LogP contribution is -2.14. The highest BCUT2D eigenvalue weighted by atomic mass is 35.5. The second kappa shape index (κ2) is 6.08. The zero-order valence-electron chi connectivity index (χ0n) is 11.4. The first kappa shape index (κ1) is 15.9. The van der Waals surface area contributed by atoms with Gasteiger partial charge in [-0.1, -0.05) is 41.9 Å². The molecule has 5 heteroatoms. The topological polar surface area (TPSA) is 26.0 Å². The molecule has 112 valence electrons. The summed E-state index contributed by atoms with van der Waals surface area (Å²) in [6, 6.07) is 10.3. The molecule has 0 aromatic heterocycles. The van der Waals surface area contributed by atoms with E-state index < -0.39 is 11.7 Å². The van der Waals surface area contributed by atoms with Crippen molar-refractivity contribution >= 4 is 11.6 Å². The van der Waals surface area contributed by atoms with Gasteiger partial charge in [0.25, 0.3) is 0 Å². The average Bonchev–Trinajstić information content (AvgIpc) is 2.41. The van der Waals surface area contributed by atoms with Gasteiger partial charge >= 0.3 is 6.18 Å². The maximum absolute atomic E-state index is 12.5. The van der Waals surface area contributed by atoms with Crippen LogP contribution >= 0.6 is 11.6 Å². The van der Waals surface area contributed by atoms with E-state index in [2.05, 4.69) is 0 Å². The molecule has 2 N–H and O–H groups in total. The molecule has 1 atom stereocenters. The number of alkyl halides is 3. The summed E-state index contributed by atoms with van der Waals surface area (Å²) in [4.78, 5) is 0. The van der Waals surface area contributed by atoms with Crippen LogP contribution in [0.3, 0.4) is 0 Å². The monoisotopic (exact) mass is 313 g/mol. The summed E-state index contributed by atoms with van der Waals surface area (Å²) < 4.78 is 37.5. The molecule has 0 radical (unpaired) electrons. The van der Waals surface area contributed by atoms with E-state index in [-0.39, 0.29) is 6.04 Å². The van der Waals surface area contributed by atoms with Crippen molar-refractivity contribution in [3.63, 3.8) is 0 Å². The van der Waals surface area contributed by atoms with Crippen molar-refractivity contribution in [2.75, 3.05) is 0 Å². The van der Waals surface area contributed by atoms with Crippen LogP contribution in [0.2, 0.25) is 5.02 Å². The van der Waals surface area contributed by atoms with Gasteiger partial charge < -0.3 is 5.73 Å². The molecule has 0 aliphatic rings. The quantitative estimate of drug-likeness (QED) is 0.856. The molecule has 0 bridgehead atoms. The predicted octanol–water partition coefficient (Wildman–Crippen LogP) is 4.91. The molecule has 2 rings (SSSR count). The number of nitrogens with two attached hydrogens (primary N) is 1. The first-order chi connectivity index (χ1) is 9.79. The van der Waals surface area contributed by atoms with E-state index in [1.165, 1.54) is 12.1 Å². The predicted molar refractivity (Wildman–Crippen MR) is 78.3 cm³/mol. The largest absolute Gasteiger partial charge is 0.416 e. The van der Waals surface area contributed by atoms with Crippen molar-refractivity contribution in [1.82, 2.24) is 0 Å². The van der Waals surface area contributed by atoms with Crippen LogP contribution in [0.5, 0.6) is 0 Å². The summed E-state index contributed by atoms with van der Waals surface area (Å²) in [6.07, 6.45) is -3.89. The van der Waals surface area contributed by atoms with E-state index in [4.69, 9.17) is 17.3 Å². The van der Waals surface area contributed by atoms with Crippen LogP contribution in [0, 0.1) is 6.92 Å². The maximum atomic E-state index is 12.5. The summed E-state index contributed by atoms with van der Waals surface area (Å²) in [5.41, 5.74) is 7.93. The fourth-order valence-corrected chi connectivity index (χ4v) is 2.42. The van der Waals surface area contributed by atoms with Crippen LogP contribution in [-0.2, 0) is 12.6 Å². The van der Waals surface area contributed by atoms with E-state index in [9.17, 15) is 13.2 Å². The second-order valence-corrected chi connectivity index (χ2v) is 5.36. The van der Waals surface area contributed by atoms with Gasteiger partial charge in [0, 0.05) is 11.1 Å². The minimum absolute atomic E-state index is 0.353. The van der Waals surface area contributed by atoms with Gasteiger partial charge in [0.1, 0.15) is 0 Å². The summed E-state index contributed by atoms with van der Waals surface area (Å²) in [5.74, 6) is 0. The zero-order chi connectivity index (χ0) is 15.6. The summed E-state index contributed by atoms with van der Waals surface area (Å²) in [5, 5.41) is 0.608. The van der Waals surface area contributed by atoms with Gasteiger partial charge in [0.2, 0.25) is 0 Å². The van der Waals surface area contributed by atoms with Crippen LogP contribution in [0.4, 0.5) is 13.2 Å². The average molecular weight is 314 g/mol. The van der Waals surface area contributed by atoms with Crippen molar-refractivity contribution in [2.45, 2.75) is 25.6 Å². The number of hydrogen-bond donors (Lipinski definition) is 1. The fourth-order valence-electron chi connectivity index (χ4n) is 2.15. The standard InChI is InChI=1S/C16H15ClF3N/c1-10-3-2-4-13(15(10)17)14(21)9-11-5-7-12(8-6-11)16(18,19)20/h2-8,14H,9,21H2,1H3. The van der Waals surface area contributed by atoms with Crippen molar-refractivity contribution in [3.05, 3.63) is 69.7 Å². The van der Waals surface area contributed by atoms with E-state index in [1.54, 1.807) is 0 Å². The number of aryl methyl sites for hydroxylation is 1. The van der Waals surface area contributed by atoms with Crippen molar-refractivity contribution in [1.29, 1.82) is 0 Å². The second-order valence-electron chi connectivity index (χ2n) is 4.98. The third-order valence-electron chi connectivity index (χ3n) is 3.36. The molecule has 21 heavy (non-hydrogen) atoms. The molecule has 0 fully saturated rings. The minimum Gasteiger partial charge on any atom is -0.324 e. The van der Waals surface area contributed by atoms with Gasteiger partial charge in [-0.15, -0.1) is 0 Å². The SMILES string of the molecule is Cc1cccc(C(N)Cc2ccc(C(F)(F)F)cc2)c1Cl. The number of halogens is 4. The summed E-state index contributed by atoms with van der Waals surface area (Å²) in [7, 11) is 0. The Morgan fingerprint density at radius 2 is 1.71 bits per heavy atom. The summed E-state index contributed by atoms with van der Waals surface area (Å²) >= 11 is 6.21. The highest BCUT2D eigenvalue weighted by Gasteiger charge is 2.30. The number of rotatable bonds is 3. The molecule has 0 amide bonds. The van der Waals surface area contributed by atoms with Crippen LogP contribution < -0.4 is 5.73 Å². The van der Waals surface area contributed by atoms with Crippen molar-refractivity contribution < 1.29 is 13.2 Å². The lowest BCUT2D eigenvalue weighted by atomic mass is 9.97. The molecule has 0 aliphatic heterocycles. The highest BCUT2D eigenvalue weighted by molar-refractivity contribution is 6.32. The van der Waals surface area contributed by atoms with Gasteiger partial charge in [-0.25, -0.2) is 0 Å². The first-order valence-corrected chi connectivity index (χ1v) is 6.83. The Labute approximate surface area is 126 Å². The fraction of sp³-hybridized carbons (Fsp3) is 0.250. The normalized spacial score (nSPS) is 13.2. The Morgan fingerprint density at radius 3 is 2.29 bits per heavy atom. The van der Waals surface area contributed by atoms with Gasteiger partial charge in [-0.2, -0.15) is 13.2 Å². The molecular formula is C16H15ClF3N. The third-order valence-corrected chi connectivity index (χ3v) is 3.87. The molecule has 0 saturated heterocycles. The van der Waals surface area contributed by atoms with Gasteiger partial charge in [-0.3, -0.25) is 0 Å². The smallest absolute Gasteiger partial charge is 0.324 e. The summed E-state index contributed by atoms with van der Waals surface area (Å²) in [6.45, 7) is 1.89. The van der Waals surface area contributed by atoms with E-state index in [1.807, 2.05) is 25.1 Å². The molecule has 2 aromatic rings. The lowest BCUT2D eigenvalue weighted by molar-refractivity contribution is -0.137. The van der Waals surface area contributed by atoms with Gasteiger partial charge in [0.15, 0.2) is 0 Å². The van der Waals surface area contributed by atoms with Crippen LogP contribution in [-0.4, -0.2) is 0 Å². The lowest BCUT2D eigenvalue weighted by Gasteiger charge is -2.15. The van der Waals surface area contributed by atoms with E-state index in [0.29, 0.717) is 11.4 Å². The van der Waals surface area contributed by atoms with Crippen molar-refractivity contribution in [3.8, 4) is 0 Å².